The van der Waals surface area contributed by atoms with Gasteiger partial charge in [-0.25, -0.2) is 15.0 Å². The van der Waals surface area contributed by atoms with E-state index in [0.717, 1.165) is 39.5 Å². The van der Waals surface area contributed by atoms with Crippen LogP contribution in [-0.4, -0.2) is 19.5 Å². The Morgan fingerprint density at radius 3 is 1.58 bits per heavy atom. The minimum Gasteiger partial charge on any atom is -0.309 e. The summed E-state index contributed by atoms with van der Waals surface area (Å²) in [6.45, 7) is 2.00. The second-order valence-corrected chi connectivity index (χ2v) is 12.4. The number of benzene rings is 6. The van der Waals surface area contributed by atoms with Gasteiger partial charge >= 0.3 is 12.4 Å². The smallest absolute Gasteiger partial charge is 0.309 e. The predicted octanol–water partition coefficient (Wildman–Crippen LogP) is 12.0. The maximum absolute atomic E-state index is 14.1. The summed E-state index contributed by atoms with van der Waals surface area (Å²) in [4.78, 5) is 14.4. The maximum atomic E-state index is 14.1. The molecule has 0 atom stereocenters. The molecule has 0 aliphatic carbocycles. The van der Waals surface area contributed by atoms with Crippen LogP contribution in [0.2, 0.25) is 0 Å². The van der Waals surface area contributed by atoms with Crippen molar-refractivity contribution in [2.75, 3.05) is 0 Å². The maximum Gasteiger partial charge on any atom is 0.416 e. The van der Waals surface area contributed by atoms with Gasteiger partial charge in [0, 0.05) is 33.2 Å². The fraction of sp³-hybridized carbons (Fsp3) is 0.0714. The molecule has 0 fully saturated rings. The second kappa shape index (κ2) is 12.5. The predicted molar refractivity (Wildman–Crippen MR) is 191 cm³/mol. The van der Waals surface area contributed by atoms with Crippen LogP contribution in [0.5, 0.6) is 0 Å². The molecule has 0 aliphatic rings. The zero-order chi connectivity index (χ0) is 36.2. The van der Waals surface area contributed by atoms with E-state index in [4.69, 9.17) is 15.0 Å². The Morgan fingerprint density at radius 2 is 0.981 bits per heavy atom. The van der Waals surface area contributed by atoms with E-state index in [1.807, 2.05) is 109 Å². The first kappa shape index (κ1) is 32.9. The first-order valence-corrected chi connectivity index (χ1v) is 16.3. The number of nitrogens with zero attached hydrogens (tertiary/aromatic N) is 4. The number of rotatable bonds is 5. The fourth-order valence-corrected chi connectivity index (χ4v) is 6.51. The van der Waals surface area contributed by atoms with E-state index in [-0.39, 0.29) is 40.2 Å². The lowest BCUT2D eigenvalue weighted by atomic mass is 9.94. The molecule has 0 spiro atoms. The zero-order valence-corrected chi connectivity index (χ0v) is 27.3. The summed E-state index contributed by atoms with van der Waals surface area (Å²) in [7, 11) is 0. The second-order valence-electron chi connectivity index (χ2n) is 12.4. The van der Waals surface area contributed by atoms with Gasteiger partial charge in [0.2, 0.25) is 0 Å². The molecule has 0 bridgehead atoms. The molecule has 8 rings (SSSR count). The zero-order valence-electron chi connectivity index (χ0n) is 27.3. The number of alkyl halides is 6. The van der Waals surface area contributed by atoms with Gasteiger partial charge in [0.15, 0.2) is 17.5 Å². The minimum absolute atomic E-state index is 0.0761. The number of aromatic nitrogens is 4. The van der Waals surface area contributed by atoms with Crippen LogP contribution in [-0.2, 0) is 12.4 Å². The van der Waals surface area contributed by atoms with E-state index in [9.17, 15) is 26.3 Å². The van der Waals surface area contributed by atoms with Gasteiger partial charge in [-0.2, -0.15) is 26.3 Å². The molecule has 0 radical (unpaired) electrons. The molecule has 4 nitrogen and oxygen atoms in total. The van der Waals surface area contributed by atoms with Crippen LogP contribution < -0.4 is 0 Å². The molecule has 0 unspecified atom stereocenters. The van der Waals surface area contributed by atoms with Crippen molar-refractivity contribution in [3.63, 3.8) is 0 Å². The molecule has 0 saturated carbocycles. The molecule has 0 N–H and O–H groups in total. The Hall–Kier alpha value is -6.29. The summed E-state index contributed by atoms with van der Waals surface area (Å²) in [6, 6.07) is 38.6. The summed E-state index contributed by atoms with van der Waals surface area (Å²) < 4.78 is 86.8. The Balaban J connectivity index is 1.46. The number of hydrogen-bond acceptors (Lipinski definition) is 3. The monoisotopic (exact) mass is 700 g/mol. The SMILES string of the molecule is Cc1ccc2c(c1)c1ccccc1n2-c1ccc(-c2cc(C(F)(F)F)cc(C(F)(F)F)c2)c(-c2nc(-c3ccccc3)nc(-c3ccccc3)n2)c1. The molecular weight excluding hydrogens is 674 g/mol. The quantitative estimate of drug-likeness (QED) is 0.168. The van der Waals surface area contributed by atoms with E-state index >= 15 is 0 Å². The number of hydrogen-bond donors (Lipinski definition) is 0. The lowest BCUT2D eigenvalue weighted by Gasteiger charge is -2.18. The molecule has 10 heteroatoms. The van der Waals surface area contributed by atoms with Crippen molar-refractivity contribution in [3.05, 3.63) is 156 Å². The van der Waals surface area contributed by atoms with Crippen molar-refractivity contribution < 1.29 is 26.3 Å². The van der Waals surface area contributed by atoms with Crippen molar-refractivity contribution >= 4 is 21.8 Å². The molecule has 2 heterocycles. The highest BCUT2D eigenvalue weighted by Gasteiger charge is 2.37. The first-order chi connectivity index (χ1) is 24.9. The van der Waals surface area contributed by atoms with Gasteiger partial charge in [0.1, 0.15) is 0 Å². The van der Waals surface area contributed by atoms with E-state index in [0.29, 0.717) is 16.8 Å². The van der Waals surface area contributed by atoms with Crippen molar-refractivity contribution in [2.24, 2.45) is 0 Å². The number of para-hydroxylation sites is 1. The third-order valence-corrected chi connectivity index (χ3v) is 8.93. The summed E-state index contributed by atoms with van der Waals surface area (Å²) >= 11 is 0. The molecule has 0 amide bonds. The van der Waals surface area contributed by atoms with Crippen LogP contribution in [0.4, 0.5) is 26.3 Å². The van der Waals surface area contributed by atoms with Crippen LogP contribution in [0.25, 0.3) is 72.8 Å². The number of halogens is 6. The highest BCUT2D eigenvalue weighted by atomic mass is 19.4. The van der Waals surface area contributed by atoms with Crippen LogP contribution in [0.1, 0.15) is 16.7 Å². The molecule has 2 aromatic heterocycles. The molecule has 0 saturated heterocycles. The molecule has 0 aliphatic heterocycles. The minimum atomic E-state index is -5.04. The van der Waals surface area contributed by atoms with Crippen molar-refractivity contribution in [1.29, 1.82) is 0 Å². The van der Waals surface area contributed by atoms with Crippen LogP contribution >= 0.6 is 0 Å². The van der Waals surface area contributed by atoms with Crippen molar-refractivity contribution in [3.8, 4) is 51.0 Å². The van der Waals surface area contributed by atoms with Gasteiger partial charge in [-0.1, -0.05) is 96.6 Å². The van der Waals surface area contributed by atoms with Gasteiger partial charge < -0.3 is 4.57 Å². The fourth-order valence-electron chi connectivity index (χ4n) is 6.51. The highest BCUT2D eigenvalue weighted by Crippen LogP contribution is 2.42. The average Bonchev–Trinajstić information content (AvgIpc) is 3.47. The van der Waals surface area contributed by atoms with Crippen LogP contribution in [0.15, 0.2) is 140 Å². The van der Waals surface area contributed by atoms with Gasteiger partial charge in [-0.3, -0.25) is 0 Å². The molecule has 52 heavy (non-hydrogen) atoms. The summed E-state index contributed by atoms with van der Waals surface area (Å²) in [6.07, 6.45) is -10.1. The third-order valence-electron chi connectivity index (χ3n) is 8.93. The van der Waals surface area contributed by atoms with Gasteiger partial charge in [0.25, 0.3) is 0 Å². The Labute approximate surface area is 293 Å². The van der Waals surface area contributed by atoms with E-state index in [1.54, 1.807) is 12.1 Å². The molecule has 6 aromatic carbocycles. The van der Waals surface area contributed by atoms with E-state index in [2.05, 4.69) is 6.07 Å². The van der Waals surface area contributed by atoms with Crippen molar-refractivity contribution in [2.45, 2.75) is 19.3 Å². The van der Waals surface area contributed by atoms with Crippen molar-refractivity contribution in [1.82, 2.24) is 19.5 Å². The van der Waals surface area contributed by atoms with Gasteiger partial charge in [-0.05, 0) is 66.6 Å². The standard InChI is InChI=1S/C42H26F6N4/c1-25-16-19-37-34(20-25)33-14-8-9-15-36(33)52(37)31-17-18-32(28-21-29(41(43,44)45)23-30(22-28)42(46,47)48)35(24-31)40-50-38(26-10-4-2-5-11-26)49-39(51-40)27-12-6-3-7-13-27/h2-24H,1H3. The van der Waals surface area contributed by atoms with Gasteiger partial charge in [-0.15, -0.1) is 0 Å². The van der Waals surface area contributed by atoms with Crippen LogP contribution in [0.3, 0.4) is 0 Å². The molecular formula is C42H26F6N4. The lowest BCUT2D eigenvalue weighted by Crippen LogP contribution is -2.11. The van der Waals surface area contributed by atoms with Crippen LogP contribution in [0, 0.1) is 6.92 Å². The number of aryl methyl sites for hydroxylation is 1. The largest absolute Gasteiger partial charge is 0.416 e. The normalized spacial score (nSPS) is 12.1. The highest BCUT2D eigenvalue weighted by molar-refractivity contribution is 6.09. The van der Waals surface area contributed by atoms with E-state index in [1.165, 1.54) is 6.07 Å². The Morgan fingerprint density at radius 1 is 0.442 bits per heavy atom. The Bertz CT molecular complexity index is 2520. The number of fused-ring (bicyclic) bond motifs is 3. The van der Waals surface area contributed by atoms with E-state index < -0.39 is 23.5 Å². The topological polar surface area (TPSA) is 43.6 Å². The summed E-state index contributed by atoms with van der Waals surface area (Å²) in [5, 5.41) is 1.98. The molecule has 8 aromatic rings. The van der Waals surface area contributed by atoms with Gasteiger partial charge in [0.05, 0.1) is 22.2 Å². The Kier molecular flexibility index (Phi) is 7.90. The molecule has 256 valence electrons. The first-order valence-electron chi connectivity index (χ1n) is 16.3. The average molecular weight is 701 g/mol. The third kappa shape index (κ3) is 6.06. The lowest BCUT2D eigenvalue weighted by molar-refractivity contribution is -0.143. The summed E-state index contributed by atoms with van der Waals surface area (Å²) in [5.74, 6) is 0.647. The summed E-state index contributed by atoms with van der Waals surface area (Å²) in [5.41, 5.74) is 1.88.